The first-order valence-electron chi connectivity index (χ1n) is 6.68. The van der Waals surface area contributed by atoms with Gasteiger partial charge in [0.15, 0.2) is 0 Å². The second-order valence-corrected chi connectivity index (χ2v) is 5.17. The zero-order valence-electron chi connectivity index (χ0n) is 12.5. The van der Waals surface area contributed by atoms with Crippen LogP contribution in [0.5, 0.6) is 5.75 Å². The van der Waals surface area contributed by atoms with Crippen molar-refractivity contribution >= 4 is 16.7 Å². The third kappa shape index (κ3) is 3.39. The smallest absolute Gasteiger partial charge is 0.428 e. The van der Waals surface area contributed by atoms with Crippen LogP contribution in [0.3, 0.4) is 0 Å². The summed E-state index contributed by atoms with van der Waals surface area (Å²) in [4.78, 5) is 10.9. The molecule has 1 atom stereocenters. The van der Waals surface area contributed by atoms with E-state index in [4.69, 9.17) is 9.84 Å². The Labute approximate surface area is 130 Å². The van der Waals surface area contributed by atoms with E-state index >= 15 is 0 Å². The molecule has 4 nitrogen and oxygen atoms in total. The Hall–Kier alpha value is -2.28. The molecule has 7 heteroatoms. The monoisotopic (exact) mass is 328 g/mol. The van der Waals surface area contributed by atoms with Crippen molar-refractivity contribution in [1.82, 2.24) is 0 Å². The Bertz CT molecular complexity index is 727. The van der Waals surface area contributed by atoms with Gasteiger partial charge in [-0.3, -0.25) is 0 Å². The van der Waals surface area contributed by atoms with E-state index in [1.807, 2.05) is 0 Å². The van der Waals surface area contributed by atoms with Gasteiger partial charge in [-0.15, -0.1) is 0 Å². The summed E-state index contributed by atoms with van der Waals surface area (Å²) in [5.74, 6) is -1.41. The van der Waals surface area contributed by atoms with Crippen LogP contribution in [0.4, 0.5) is 13.2 Å². The molecule has 0 aliphatic heterocycles. The van der Waals surface area contributed by atoms with Crippen LogP contribution < -0.4 is 4.74 Å². The number of alkyl halides is 3. The predicted octanol–water partition coefficient (Wildman–Crippen LogP) is 3.77. The molecule has 0 saturated carbocycles. The third-order valence-electron chi connectivity index (χ3n) is 3.59. The second kappa shape index (κ2) is 6.08. The van der Waals surface area contributed by atoms with Gasteiger partial charge >= 0.3 is 12.1 Å². The summed E-state index contributed by atoms with van der Waals surface area (Å²) >= 11 is 0. The van der Waals surface area contributed by atoms with E-state index in [1.165, 1.54) is 7.11 Å². The standard InChI is InChI=1S/C16H15F3O4/c1-15(14(20)21,16(17,18)19)23-9-10-3-4-12-8-13(22-2)6-5-11(12)7-10/h3-8H,9H2,1-2H3,(H,20,21). The summed E-state index contributed by atoms with van der Waals surface area (Å²) in [7, 11) is 1.53. The Morgan fingerprint density at radius 2 is 1.74 bits per heavy atom. The molecule has 0 fully saturated rings. The van der Waals surface area contributed by atoms with Crippen molar-refractivity contribution in [1.29, 1.82) is 0 Å². The van der Waals surface area contributed by atoms with E-state index < -0.39 is 24.4 Å². The number of ether oxygens (including phenoxy) is 2. The van der Waals surface area contributed by atoms with Crippen LogP contribution in [0.15, 0.2) is 36.4 Å². The molecule has 2 aromatic carbocycles. The summed E-state index contributed by atoms with van der Waals surface area (Å²) in [6.45, 7) is 0.0333. The third-order valence-corrected chi connectivity index (χ3v) is 3.59. The first-order valence-corrected chi connectivity index (χ1v) is 6.68. The van der Waals surface area contributed by atoms with E-state index in [2.05, 4.69) is 4.74 Å². The van der Waals surface area contributed by atoms with Crippen LogP contribution in [-0.4, -0.2) is 30.0 Å². The minimum atomic E-state index is -5.01. The molecule has 23 heavy (non-hydrogen) atoms. The molecule has 124 valence electrons. The lowest BCUT2D eigenvalue weighted by Crippen LogP contribution is -2.51. The average Bonchev–Trinajstić information content (AvgIpc) is 2.50. The van der Waals surface area contributed by atoms with Gasteiger partial charge in [-0.2, -0.15) is 13.2 Å². The van der Waals surface area contributed by atoms with Crippen molar-refractivity contribution in [3.63, 3.8) is 0 Å². The summed E-state index contributed by atoms with van der Waals surface area (Å²) < 4.78 is 48.4. The number of benzene rings is 2. The molecule has 0 saturated heterocycles. The molecular weight excluding hydrogens is 313 g/mol. The zero-order valence-corrected chi connectivity index (χ0v) is 12.5. The maximum absolute atomic E-state index is 12.9. The van der Waals surface area contributed by atoms with E-state index in [0.717, 1.165) is 10.8 Å². The van der Waals surface area contributed by atoms with Crippen molar-refractivity contribution in [3.05, 3.63) is 42.0 Å². The maximum Gasteiger partial charge on any atom is 0.428 e. The molecule has 0 aliphatic carbocycles. The summed E-state index contributed by atoms with van der Waals surface area (Å²) in [5.41, 5.74) is -2.80. The molecule has 0 amide bonds. The molecule has 1 N–H and O–H groups in total. The van der Waals surface area contributed by atoms with Crippen LogP contribution in [0.1, 0.15) is 12.5 Å². The number of hydrogen-bond acceptors (Lipinski definition) is 3. The number of hydrogen-bond donors (Lipinski definition) is 1. The minimum absolute atomic E-state index is 0.444. The zero-order chi connectivity index (χ0) is 17.3. The van der Waals surface area contributed by atoms with Gasteiger partial charge in [0.2, 0.25) is 0 Å². The predicted molar refractivity (Wildman–Crippen MR) is 77.4 cm³/mol. The Balaban J connectivity index is 2.23. The SMILES string of the molecule is COc1ccc2cc(COC(C)(C(=O)O)C(F)(F)F)ccc2c1. The Kier molecular flexibility index (Phi) is 4.51. The number of methoxy groups -OCH3 is 1. The highest BCUT2D eigenvalue weighted by Crippen LogP contribution is 2.34. The Morgan fingerprint density at radius 3 is 2.30 bits per heavy atom. The Morgan fingerprint density at radius 1 is 1.13 bits per heavy atom. The van der Waals surface area contributed by atoms with Crippen LogP contribution in [0.2, 0.25) is 0 Å². The van der Waals surface area contributed by atoms with Gasteiger partial charge in [0, 0.05) is 0 Å². The second-order valence-electron chi connectivity index (χ2n) is 5.17. The van der Waals surface area contributed by atoms with E-state index in [0.29, 0.717) is 18.2 Å². The van der Waals surface area contributed by atoms with Crippen LogP contribution in [-0.2, 0) is 16.1 Å². The lowest BCUT2D eigenvalue weighted by Gasteiger charge is -2.27. The van der Waals surface area contributed by atoms with E-state index in [9.17, 15) is 18.0 Å². The average molecular weight is 328 g/mol. The van der Waals surface area contributed by atoms with Gasteiger partial charge in [-0.05, 0) is 41.5 Å². The number of rotatable bonds is 5. The van der Waals surface area contributed by atoms with E-state index in [1.54, 1.807) is 36.4 Å². The highest BCUT2D eigenvalue weighted by atomic mass is 19.4. The molecule has 2 aromatic rings. The maximum atomic E-state index is 12.9. The summed E-state index contributed by atoms with van der Waals surface area (Å²) in [6, 6.07) is 10.2. The summed E-state index contributed by atoms with van der Waals surface area (Å²) in [5, 5.41) is 10.5. The molecule has 0 bridgehead atoms. The quantitative estimate of drug-likeness (QED) is 0.908. The van der Waals surface area contributed by atoms with Crippen molar-refractivity contribution in [2.24, 2.45) is 0 Å². The molecule has 2 rings (SSSR count). The van der Waals surface area contributed by atoms with Gasteiger partial charge in [-0.25, -0.2) is 4.79 Å². The van der Waals surface area contributed by atoms with Gasteiger partial charge in [-0.1, -0.05) is 18.2 Å². The molecule has 0 aromatic heterocycles. The number of carbonyl (C=O) groups is 1. The fourth-order valence-electron chi connectivity index (χ4n) is 1.98. The molecule has 1 unspecified atom stereocenters. The van der Waals surface area contributed by atoms with Gasteiger partial charge < -0.3 is 14.6 Å². The van der Waals surface area contributed by atoms with Crippen LogP contribution in [0.25, 0.3) is 10.8 Å². The highest BCUT2D eigenvalue weighted by molar-refractivity contribution is 5.84. The lowest BCUT2D eigenvalue weighted by atomic mass is 10.1. The van der Waals surface area contributed by atoms with Crippen LogP contribution in [0, 0.1) is 0 Å². The number of carboxylic acid groups (broad SMARTS) is 1. The first kappa shape index (κ1) is 17.1. The largest absolute Gasteiger partial charge is 0.497 e. The number of carboxylic acids is 1. The molecular formula is C16H15F3O4. The number of halogens is 3. The fourth-order valence-corrected chi connectivity index (χ4v) is 1.98. The number of aliphatic carboxylic acids is 1. The minimum Gasteiger partial charge on any atom is -0.497 e. The lowest BCUT2D eigenvalue weighted by molar-refractivity contribution is -0.272. The van der Waals surface area contributed by atoms with Crippen molar-refractivity contribution in [2.75, 3.05) is 7.11 Å². The molecule has 0 radical (unpaired) electrons. The van der Waals surface area contributed by atoms with Gasteiger partial charge in [0.25, 0.3) is 5.60 Å². The molecule has 0 heterocycles. The van der Waals surface area contributed by atoms with Crippen molar-refractivity contribution in [2.45, 2.75) is 25.3 Å². The van der Waals surface area contributed by atoms with Crippen molar-refractivity contribution in [3.8, 4) is 5.75 Å². The fraction of sp³-hybridized carbons (Fsp3) is 0.312. The topological polar surface area (TPSA) is 55.8 Å². The van der Waals surface area contributed by atoms with Gasteiger partial charge in [0.05, 0.1) is 13.7 Å². The van der Waals surface area contributed by atoms with Gasteiger partial charge in [0.1, 0.15) is 5.75 Å². The van der Waals surface area contributed by atoms with Crippen LogP contribution >= 0.6 is 0 Å². The summed E-state index contributed by atoms with van der Waals surface area (Å²) in [6.07, 6.45) is -5.01. The molecule has 0 aliphatic rings. The van der Waals surface area contributed by atoms with E-state index in [-0.39, 0.29) is 0 Å². The van der Waals surface area contributed by atoms with Crippen molar-refractivity contribution < 1.29 is 32.5 Å². The first-order chi connectivity index (χ1) is 10.7. The highest BCUT2D eigenvalue weighted by Gasteiger charge is 2.58. The normalized spacial score (nSPS) is 14.5. The molecule has 0 spiro atoms. The number of fused-ring (bicyclic) bond motifs is 1.